The van der Waals surface area contributed by atoms with Crippen LogP contribution < -0.4 is 0 Å². The van der Waals surface area contributed by atoms with Crippen molar-refractivity contribution in [2.45, 2.75) is 10.9 Å². The molecule has 0 spiro atoms. The van der Waals surface area contributed by atoms with Gasteiger partial charge in [-0.2, -0.15) is 0 Å². The van der Waals surface area contributed by atoms with Crippen molar-refractivity contribution in [2.75, 3.05) is 19.3 Å². The summed E-state index contributed by atoms with van der Waals surface area (Å²) in [5.41, 5.74) is 9.00. The molecule has 1 amide bonds. The maximum absolute atomic E-state index is 12.1. The molecular formula is C11H12N4OS. The van der Waals surface area contributed by atoms with Gasteiger partial charge in [0.05, 0.1) is 11.6 Å². The van der Waals surface area contributed by atoms with Crippen LogP contribution in [-0.4, -0.2) is 36.2 Å². The highest BCUT2D eigenvalue weighted by Crippen LogP contribution is 2.23. The molecule has 0 N–H and O–H groups in total. The fourth-order valence-electron chi connectivity index (χ4n) is 1.76. The number of likely N-dealkylation sites (tertiary alicyclic amines) is 1. The first-order valence-electron chi connectivity index (χ1n) is 5.22. The molecule has 5 nitrogen and oxygen atoms in total. The van der Waals surface area contributed by atoms with Crippen molar-refractivity contribution in [3.05, 3.63) is 40.3 Å². The fraction of sp³-hybridized carbons (Fsp3) is 0.364. The van der Waals surface area contributed by atoms with Crippen LogP contribution in [0.15, 0.2) is 34.3 Å². The molecule has 1 fully saturated rings. The number of carbonyl (C=O) groups excluding carboxylic acids is 1. The van der Waals surface area contributed by atoms with Gasteiger partial charge in [-0.15, -0.1) is 11.8 Å². The van der Waals surface area contributed by atoms with Gasteiger partial charge >= 0.3 is 0 Å². The fourth-order valence-corrected chi connectivity index (χ4v) is 2.35. The van der Waals surface area contributed by atoms with Crippen molar-refractivity contribution >= 4 is 17.7 Å². The van der Waals surface area contributed by atoms with Gasteiger partial charge in [0.25, 0.3) is 5.91 Å². The SMILES string of the molecule is CSc1ccccc1C(=O)N1CC(N=[N+]=[N-])C1. The van der Waals surface area contributed by atoms with Crippen molar-refractivity contribution in [3.8, 4) is 0 Å². The largest absolute Gasteiger partial charge is 0.338 e. The second kappa shape index (κ2) is 5.12. The normalized spacial score (nSPS) is 15.0. The highest BCUT2D eigenvalue weighted by molar-refractivity contribution is 7.98. The first kappa shape index (κ1) is 11.8. The summed E-state index contributed by atoms with van der Waals surface area (Å²) in [5, 5.41) is 3.58. The number of benzene rings is 1. The third-order valence-corrected chi connectivity index (χ3v) is 3.50. The number of azide groups is 1. The van der Waals surface area contributed by atoms with Crippen molar-refractivity contribution in [1.29, 1.82) is 0 Å². The first-order chi connectivity index (χ1) is 8.26. The third-order valence-electron chi connectivity index (χ3n) is 2.70. The van der Waals surface area contributed by atoms with Crippen LogP contribution in [0.5, 0.6) is 0 Å². The minimum atomic E-state index is -0.0645. The van der Waals surface area contributed by atoms with Gasteiger partial charge in [-0.1, -0.05) is 17.2 Å². The van der Waals surface area contributed by atoms with E-state index in [1.165, 1.54) is 0 Å². The Morgan fingerprint density at radius 2 is 2.24 bits per heavy atom. The van der Waals surface area contributed by atoms with Gasteiger partial charge in [0.1, 0.15) is 0 Å². The molecule has 1 heterocycles. The van der Waals surface area contributed by atoms with E-state index in [1.54, 1.807) is 16.7 Å². The van der Waals surface area contributed by atoms with E-state index in [9.17, 15) is 4.79 Å². The van der Waals surface area contributed by atoms with Gasteiger partial charge < -0.3 is 4.90 Å². The Kier molecular flexibility index (Phi) is 3.56. The van der Waals surface area contributed by atoms with Gasteiger partial charge in [0.2, 0.25) is 0 Å². The van der Waals surface area contributed by atoms with Crippen LogP contribution in [0, 0.1) is 0 Å². The molecule has 0 bridgehead atoms. The quantitative estimate of drug-likeness (QED) is 0.357. The number of carbonyl (C=O) groups is 1. The number of amides is 1. The summed E-state index contributed by atoms with van der Waals surface area (Å²) >= 11 is 1.56. The minimum absolute atomic E-state index is 0.0133. The Labute approximate surface area is 103 Å². The smallest absolute Gasteiger partial charge is 0.255 e. The molecule has 0 radical (unpaired) electrons. The molecule has 1 aromatic carbocycles. The molecule has 0 aliphatic carbocycles. The predicted molar refractivity (Wildman–Crippen MR) is 67.1 cm³/mol. The molecule has 0 saturated carbocycles. The summed E-state index contributed by atoms with van der Waals surface area (Å²) in [6.07, 6.45) is 1.95. The van der Waals surface area contributed by atoms with Crippen LogP contribution in [0.3, 0.4) is 0 Å². The standard InChI is InChI=1S/C11H12N4OS/c1-17-10-5-3-2-4-9(10)11(16)15-6-8(7-15)13-14-12/h2-5,8H,6-7H2,1H3. The molecule has 88 valence electrons. The summed E-state index contributed by atoms with van der Waals surface area (Å²) in [7, 11) is 0. The van der Waals surface area contributed by atoms with Crippen LogP contribution >= 0.6 is 11.8 Å². The predicted octanol–water partition coefficient (Wildman–Crippen LogP) is 2.54. The monoisotopic (exact) mass is 248 g/mol. The zero-order valence-electron chi connectivity index (χ0n) is 9.41. The van der Waals surface area contributed by atoms with E-state index in [0.29, 0.717) is 13.1 Å². The zero-order chi connectivity index (χ0) is 12.3. The van der Waals surface area contributed by atoms with E-state index < -0.39 is 0 Å². The Hall–Kier alpha value is -1.65. The summed E-state index contributed by atoms with van der Waals surface area (Å²) in [5.74, 6) is 0.0133. The van der Waals surface area contributed by atoms with Crippen molar-refractivity contribution in [1.82, 2.24) is 4.90 Å². The van der Waals surface area contributed by atoms with Gasteiger partial charge in [0, 0.05) is 22.9 Å². The van der Waals surface area contributed by atoms with Crippen LogP contribution in [0.1, 0.15) is 10.4 Å². The number of nitrogens with zero attached hydrogens (tertiary/aromatic N) is 4. The average molecular weight is 248 g/mol. The molecule has 2 rings (SSSR count). The topological polar surface area (TPSA) is 69.1 Å². The third kappa shape index (κ3) is 2.38. The highest BCUT2D eigenvalue weighted by Gasteiger charge is 2.31. The van der Waals surface area contributed by atoms with Gasteiger partial charge in [-0.3, -0.25) is 4.79 Å². The molecule has 6 heteroatoms. The van der Waals surface area contributed by atoms with Crippen LogP contribution in [-0.2, 0) is 0 Å². The molecule has 0 aromatic heterocycles. The molecule has 0 atom stereocenters. The van der Waals surface area contributed by atoms with E-state index in [0.717, 1.165) is 10.5 Å². The lowest BCUT2D eigenvalue weighted by molar-refractivity contribution is 0.0605. The maximum atomic E-state index is 12.1. The molecule has 1 aromatic rings. The van der Waals surface area contributed by atoms with Crippen LogP contribution in [0.25, 0.3) is 10.4 Å². The lowest BCUT2D eigenvalue weighted by Crippen LogP contribution is -2.52. The lowest BCUT2D eigenvalue weighted by Gasteiger charge is -2.36. The van der Waals surface area contributed by atoms with E-state index >= 15 is 0 Å². The first-order valence-corrected chi connectivity index (χ1v) is 6.45. The minimum Gasteiger partial charge on any atom is -0.338 e. The Morgan fingerprint density at radius 1 is 1.53 bits per heavy atom. The second-order valence-corrected chi connectivity index (χ2v) is 4.62. The van der Waals surface area contributed by atoms with Crippen molar-refractivity contribution in [3.63, 3.8) is 0 Å². The maximum Gasteiger partial charge on any atom is 0.255 e. The van der Waals surface area contributed by atoms with Crippen LogP contribution in [0.2, 0.25) is 0 Å². The molecule has 1 aliphatic heterocycles. The summed E-state index contributed by atoms with van der Waals surface area (Å²) in [6, 6.07) is 7.47. The number of rotatable bonds is 3. The van der Waals surface area contributed by atoms with Crippen molar-refractivity contribution < 1.29 is 4.79 Å². The second-order valence-electron chi connectivity index (χ2n) is 3.77. The molecule has 17 heavy (non-hydrogen) atoms. The van der Waals surface area contributed by atoms with Crippen LogP contribution in [0.4, 0.5) is 0 Å². The Morgan fingerprint density at radius 3 is 2.88 bits per heavy atom. The van der Waals surface area contributed by atoms with Gasteiger partial charge in [-0.25, -0.2) is 0 Å². The molecular weight excluding hydrogens is 236 g/mol. The van der Waals surface area contributed by atoms with E-state index in [2.05, 4.69) is 10.0 Å². The molecule has 0 unspecified atom stereocenters. The Balaban J connectivity index is 2.09. The van der Waals surface area contributed by atoms with E-state index in [-0.39, 0.29) is 11.9 Å². The zero-order valence-corrected chi connectivity index (χ0v) is 10.2. The Bertz CT molecular complexity index is 478. The summed E-state index contributed by atoms with van der Waals surface area (Å²) in [4.78, 5) is 17.6. The summed E-state index contributed by atoms with van der Waals surface area (Å²) < 4.78 is 0. The summed E-state index contributed by atoms with van der Waals surface area (Å²) in [6.45, 7) is 1.04. The average Bonchev–Trinajstić information content (AvgIpc) is 2.32. The number of thioether (sulfide) groups is 1. The highest BCUT2D eigenvalue weighted by atomic mass is 32.2. The lowest BCUT2D eigenvalue weighted by atomic mass is 10.1. The number of hydrogen-bond acceptors (Lipinski definition) is 3. The van der Waals surface area contributed by atoms with Gasteiger partial charge in [-0.05, 0) is 23.9 Å². The number of hydrogen-bond donors (Lipinski definition) is 0. The van der Waals surface area contributed by atoms with E-state index in [1.807, 2.05) is 30.5 Å². The van der Waals surface area contributed by atoms with Gasteiger partial charge in [0.15, 0.2) is 0 Å². The molecule has 1 aliphatic rings. The van der Waals surface area contributed by atoms with E-state index in [4.69, 9.17) is 5.53 Å². The van der Waals surface area contributed by atoms with Crippen molar-refractivity contribution in [2.24, 2.45) is 5.11 Å². The molecule has 1 saturated heterocycles.